The molecule has 1 rings (SSSR count). The number of hydrogen-bond donors (Lipinski definition) is 1. The topological polar surface area (TPSA) is 34.2 Å². The van der Waals surface area contributed by atoms with Gasteiger partial charge in [-0.05, 0) is 25.8 Å². The highest BCUT2D eigenvalue weighted by molar-refractivity contribution is 7.11. The van der Waals surface area contributed by atoms with E-state index in [4.69, 9.17) is 9.72 Å². The first-order valence-corrected chi connectivity index (χ1v) is 7.76. The molecule has 18 heavy (non-hydrogen) atoms. The monoisotopic (exact) mass is 270 g/mol. The normalized spacial score (nSPS) is 11.4. The second-order valence-corrected chi connectivity index (χ2v) is 5.66. The zero-order valence-corrected chi connectivity index (χ0v) is 12.9. The van der Waals surface area contributed by atoms with E-state index in [0.29, 0.717) is 12.5 Å². The zero-order chi connectivity index (χ0) is 13.4. The molecule has 0 aromatic carbocycles. The molecule has 0 saturated heterocycles. The van der Waals surface area contributed by atoms with Crippen LogP contribution in [0.1, 0.15) is 61.5 Å². The van der Waals surface area contributed by atoms with Crippen LogP contribution in [-0.4, -0.2) is 18.6 Å². The molecule has 0 fully saturated rings. The van der Waals surface area contributed by atoms with E-state index in [-0.39, 0.29) is 0 Å². The molecule has 0 unspecified atom stereocenters. The van der Waals surface area contributed by atoms with Crippen LogP contribution in [0, 0.1) is 0 Å². The van der Waals surface area contributed by atoms with Gasteiger partial charge in [0.15, 0.2) is 0 Å². The molecular formula is C14H26N2OS. The summed E-state index contributed by atoms with van der Waals surface area (Å²) in [4.78, 5) is 6.11. The summed E-state index contributed by atoms with van der Waals surface area (Å²) in [6.45, 7) is 9.27. The van der Waals surface area contributed by atoms with Crippen molar-refractivity contribution in [2.75, 3.05) is 13.7 Å². The molecule has 0 aliphatic carbocycles. The lowest BCUT2D eigenvalue weighted by atomic mass is 10.1. The molecule has 0 atom stereocenters. The number of rotatable bonds is 9. The first-order valence-electron chi connectivity index (χ1n) is 6.94. The molecule has 1 aromatic heterocycles. The highest BCUT2D eigenvalue weighted by atomic mass is 32.1. The largest absolute Gasteiger partial charge is 0.378 e. The molecule has 0 saturated carbocycles. The second kappa shape index (κ2) is 8.62. The summed E-state index contributed by atoms with van der Waals surface area (Å²) in [7, 11) is 1.74. The Morgan fingerprint density at radius 3 is 2.56 bits per heavy atom. The van der Waals surface area contributed by atoms with Crippen molar-refractivity contribution in [3.8, 4) is 0 Å². The Morgan fingerprint density at radius 1 is 1.28 bits per heavy atom. The Balaban J connectivity index is 2.78. The van der Waals surface area contributed by atoms with Gasteiger partial charge in [-0.15, -0.1) is 11.3 Å². The van der Waals surface area contributed by atoms with Crippen LogP contribution in [0.5, 0.6) is 0 Å². The van der Waals surface area contributed by atoms with E-state index < -0.39 is 0 Å². The van der Waals surface area contributed by atoms with E-state index in [0.717, 1.165) is 38.0 Å². The third-order valence-corrected chi connectivity index (χ3v) is 4.38. The van der Waals surface area contributed by atoms with Gasteiger partial charge in [-0.3, -0.25) is 0 Å². The van der Waals surface area contributed by atoms with Gasteiger partial charge in [-0.2, -0.15) is 0 Å². The van der Waals surface area contributed by atoms with E-state index >= 15 is 0 Å². The number of methoxy groups -OCH3 is 1. The van der Waals surface area contributed by atoms with Gasteiger partial charge in [0.05, 0.1) is 17.3 Å². The molecule has 3 nitrogen and oxygen atoms in total. The SMILES string of the molecule is CCCNCc1sc(C(CC)CC)nc1COC. The summed E-state index contributed by atoms with van der Waals surface area (Å²) >= 11 is 1.85. The lowest BCUT2D eigenvalue weighted by Crippen LogP contribution is -2.14. The van der Waals surface area contributed by atoms with Crippen molar-refractivity contribution in [3.05, 3.63) is 15.6 Å². The Morgan fingerprint density at radius 2 is 2.00 bits per heavy atom. The van der Waals surface area contributed by atoms with Crippen molar-refractivity contribution >= 4 is 11.3 Å². The van der Waals surface area contributed by atoms with Crippen LogP contribution >= 0.6 is 11.3 Å². The Hall–Kier alpha value is -0.450. The summed E-state index contributed by atoms with van der Waals surface area (Å²) in [5.74, 6) is 0.602. The molecule has 4 heteroatoms. The number of nitrogens with one attached hydrogen (secondary N) is 1. The maximum atomic E-state index is 5.25. The third-order valence-electron chi connectivity index (χ3n) is 3.12. The predicted molar refractivity (Wildman–Crippen MR) is 78.1 cm³/mol. The van der Waals surface area contributed by atoms with Crippen LogP contribution in [0.15, 0.2) is 0 Å². The minimum absolute atomic E-state index is 0.602. The van der Waals surface area contributed by atoms with Crippen molar-refractivity contribution in [1.82, 2.24) is 10.3 Å². The fourth-order valence-electron chi connectivity index (χ4n) is 1.98. The maximum Gasteiger partial charge on any atom is 0.0963 e. The van der Waals surface area contributed by atoms with Crippen LogP contribution < -0.4 is 5.32 Å². The van der Waals surface area contributed by atoms with Gasteiger partial charge in [0, 0.05) is 24.4 Å². The molecule has 1 aromatic rings. The van der Waals surface area contributed by atoms with E-state index in [1.54, 1.807) is 7.11 Å². The molecule has 1 heterocycles. The smallest absolute Gasteiger partial charge is 0.0963 e. The highest BCUT2D eigenvalue weighted by Crippen LogP contribution is 2.30. The maximum absolute atomic E-state index is 5.25. The van der Waals surface area contributed by atoms with Crippen molar-refractivity contribution in [1.29, 1.82) is 0 Å². The quantitative estimate of drug-likeness (QED) is 0.695. The fraction of sp³-hybridized carbons (Fsp3) is 0.786. The lowest BCUT2D eigenvalue weighted by Gasteiger charge is -2.07. The summed E-state index contributed by atoms with van der Waals surface area (Å²) in [6.07, 6.45) is 3.49. The van der Waals surface area contributed by atoms with Gasteiger partial charge in [-0.25, -0.2) is 4.98 Å². The number of aromatic nitrogens is 1. The Bertz CT molecular complexity index is 335. The molecule has 0 bridgehead atoms. The van der Waals surface area contributed by atoms with Crippen LogP contribution in [0.2, 0.25) is 0 Å². The Kier molecular flexibility index (Phi) is 7.47. The standard InChI is InChI=1S/C14H26N2OS/c1-5-8-15-9-13-12(10-17-4)16-14(18-13)11(6-2)7-3/h11,15H,5-10H2,1-4H3. The van der Waals surface area contributed by atoms with Crippen LogP contribution in [0.3, 0.4) is 0 Å². The zero-order valence-electron chi connectivity index (χ0n) is 12.1. The number of ether oxygens (including phenoxy) is 1. The third kappa shape index (κ3) is 4.34. The van der Waals surface area contributed by atoms with Gasteiger partial charge in [0.25, 0.3) is 0 Å². The summed E-state index contributed by atoms with van der Waals surface area (Å²) in [5.41, 5.74) is 1.12. The van der Waals surface area contributed by atoms with E-state index in [9.17, 15) is 0 Å². The van der Waals surface area contributed by atoms with Gasteiger partial charge < -0.3 is 10.1 Å². The van der Waals surface area contributed by atoms with Crippen LogP contribution in [0.25, 0.3) is 0 Å². The van der Waals surface area contributed by atoms with Crippen LogP contribution in [0.4, 0.5) is 0 Å². The van der Waals surface area contributed by atoms with Crippen molar-refractivity contribution in [2.24, 2.45) is 0 Å². The molecule has 0 aliphatic rings. The molecule has 0 amide bonds. The van der Waals surface area contributed by atoms with E-state index in [1.165, 1.54) is 9.88 Å². The first kappa shape index (κ1) is 15.6. The average molecular weight is 270 g/mol. The molecule has 0 radical (unpaired) electrons. The molecule has 104 valence electrons. The van der Waals surface area contributed by atoms with Crippen molar-refractivity contribution in [3.63, 3.8) is 0 Å². The Labute approximate surface area is 115 Å². The molecule has 0 aliphatic heterocycles. The molecule has 1 N–H and O–H groups in total. The summed E-state index contributed by atoms with van der Waals surface area (Å²) in [5, 5.41) is 4.73. The van der Waals surface area contributed by atoms with E-state index in [2.05, 4.69) is 26.1 Å². The first-order chi connectivity index (χ1) is 8.76. The minimum Gasteiger partial charge on any atom is -0.378 e. The summed E-state index contributed by atoms with van der Waals surface area (Å²) < 4.78 is 5.25. The molecule has 0 spiro atoms. The molecular weight excluding hydrogens is 244 g/mol. The van der Waals surface area contributed by atoms with Gasteiger partial charge >= 0.3 is 0 Å². The highest BCUT2D eigenvalue weighted by Gasteiger charge is 2.16. The van der Waals surface area contributed by atoms with Gasteiger partial charge in [0.2, 0.25) is 0 Å². The van der Waals surface area contributed by atoms with E-state index in [1.807, 2.05) is 11.3 Å². The van der Waals surface area contributed by atoms with Gasteiger partial charge in [-0.1, -0.05) is 20.8 Å². The number of hydrogen-bond acceptors (Lipinski definition) is 4. The number of thiazole rings is 1. The lowest BCUT2D eigenvalue weighted by molar-refractivity contribution is 0.181. The second-order valence-electron chi connectivity index (χ2n) is 4.55. The minimum atomic E-state index is 0.602. The predicted octanol–water partition coefficient (Wildman–Crippen LogP) is 3.69. The fourth-order valence-corrected chi connectivity index (χ4v) is 3.29. The van der Waals surface area contributed by atoms with Crippen molar-refractivity contribution in [2.45, 2.75) is 59.1 Å². The average Bonchev–Trinajstić information content (AvgIpc) is 2.75. The summed E-state index contributed by atoms with van der Waals surface area (Å²) in [6, 6.07) is 0. The van der Waals surface area contributed by atoms with Crippen LogP contribution in [-0.2, 0) is 17.9 Å². The number of nitrogens with zero attached hydrogens (tertiary/aromatic N) is 1. The van der Waals surface area contributed by atoms with Gasteiger partial charge in [0.1, 0.15) is 0 Å². The van der Waals surface area contributed by atoms with Crippen molar-refractivity contribution < 1.29 is 4.74 Å².